The molecule has 0 saturated carbocycles. The first-order valence-electron chi connectivity index (χ1n) is 6.06. The van der Waals surface area contributed by atoms with Crippen LogP contribution in [0.1, 0.15) is 20.7 Å². The highest BCUT2D eigenvalue weighted by atomic mass is 35.5. The van der Waals surface area contributed by atoms with Crippen molar-refractivity contribution in [1.82, 2.24) is 0 Å². The number of nitrogens with one attached hydrogen (secondary N) is 1. The predicted octanol–water partition coefficient (Wildman–Crippen LogP) is 2.96. The summed E-state index contributed by atoms with van der Waals surface area (Å²) in [6, 6.07) is 11.2. The van der Waals surface area contributed by atoms with Gasteiger partial charge in [0.05, 0.1) is 28.9 Å². The van der Waals surface area contributed by atoms with Gasteiger partial charge in [0.15, 0.2) is 0 Å². The third-order valence-corrected chi connectivity index (χ3v) is 3.26. The van der Waals surface area contributed by atoms with Crippen LogP contribution in [0.4, 0.5) is 11.4 Å². The van der Waals surface area contributed by atoms with Crippen molar-refractivity contribution in [2.45, 2.75) is 0 Å². The van der Waals surface area contributed by atoms with Crippen LogP contribution in [0.2, 0.25) is 5.02 Å². The number of hydrogen-bond donors (Lipinski definition) is 2. The molecule has 0 aromatic heterocycles. The Labute approximate surface area is 126 Å². The lowest BCUT2D eigenvalue weighted by molar-refractivity contribution is 0.0600. The molecule has 0 aliphatic heterocycles. The van der Waals surface area contributed by atoms with Crippen LogP contribution in [0.25, 0.3) is 0 Å². The highest BCUT2D eigenvalue weighted by Crippen LogP contribution is 2.24. The van der Waals surface area contributed by atoms with Crippen molar-refractivity contribution in [2.24, 2.45) is 0 Å². The Hall–Kier alpha value is -2.53. The van der Waals surface area contributed by atoms with Crippen LogP contribution >= 0.6 is 11.6 Å². The normalized spacial score (nSPS) is 10.0. The fourth-order valence-electron chi connectivity index (χ4n) is 1.73. The van der Waals surface area contributed by atoms with Gasteiger partial charge in [0.2, 0.25) is 0 Å². The Morgan fingerprint density at radius 3 is 2.43 bits per heavy atom. The van der Waals surface area contributed by atoms with Gasteiger partial charge in [-0.05, 0) is 36.4 Å². The Kier molecular flexibility index (Phi) is 4.45. The Morgan fingerprint density at radius 2 is 1.81 bits per heavy atom. The van der Waals surface area contributed by atoms with Gasteiger partial charge in [-0.15, -0.1) is 0 Å². The first kappa shape index (κ1) is 14.9. The molecule has 0 aliphatic carbocycles. The van der Waals surface area contributed by atoms with Crippen molar-refractivity contribution >= 4 is 34.9 Å². The van der Waals surface area contributed by atoms with Crippen molar-refractivity contribution < 1.29 is 14.3 Å². The zero-order valence-electron chi connectivity index (χ0n) is 11.2. The molecular weight excluding hydrogens is 292 g/mol. The second-order valence-electron chi connectivity index (χ2n) is 4.23. The number of rotatable bonds is 3. The molecule has 1 amide bonds. The zero-order chi connectivity index (χ0) is 15.4. The van der Waals surface area contributed by atoms with Crippen molar-refractivity contribution in [3.05, 3.63) is 58.6 Å². The maximum atomic E-state index is 12.1. The van der Waals surface area contributed by atoms with Crippen LogP contribution in [0.15, 0.2) is 42.5 Å². The van der Waals surface area contributed by atoms with E-state index < -0.39 is 5.97 Å². The number of carbonyl (C=O) groups excluding carboxylic acids is 2. The first-order chi connectivity index (χ1) is 10.0. The summed E-state index contributed by atoms with van der Waals surface area (Å²) in [6.45, 7) is 0. The molecule has 3 N–H and O–H groups in total. The van der Waals surface area contributed by atoms with E-state index in [1.165, 1.54) is 7.11 Å². The summed E-state index contributed by atoms with van der Waals surface area (Å²) in [7, 11) is 1.31. The summed E-state index contributed by atoms with van der Waals surface area (Å²) in [5.41, 5.74) is 7.22. The first-order valence-corrected chi connectivity index (χ1v) is 6.44. The molecule has 0 atom stereocenters. The smallest absolute Gasteiger partial charge is 0.337 e. The molecule has 0 spiro atoms. The molecule has 108 valence electrons. The maximum Gasteiger partial charge on any atom is 0.337 e. The van der Waals surface area contributed by atoms with Gasteiger partial charge in [0, 0.05) is 5.69 Å². The lowest BCUT2D eigenvalue weighted by Gasteiger charge is -2.08. The molecule has 0 unspecified atom stereocenters. The van der Waals surface area contributed by atoms with E-state index in [-0.39, 0.29) is 16.5 Å². The molecule has 0 saturated heterocycles. The minimum atomic E-state index is -0.438. The van der Waals surface area contributed by atoms with Crippen LogP contribution in [0, 0.1) is 0 Å². The van der Waals surface area contributed by atoms with E-state index in [9.17, 15) is 9.59 Å². The largest absolute Gasteiger partial charge is 0.465 e. The van der Waals surface area contributed by atoms with Crippen LogP contribution < -0.4 is 11.1 Å². The Bertz CT molecular complexity index is 684. The number of esters is 1. The second kappa shape index (κ2) is 6.28. The lowest BCUT2D eigenvalue weighted by atomic mass is 10.1. The molecule has 21 heavy (non-hydrogen) atoms. The fraction of sp³-hybridized carbons (Fsp3) is 0.0667. The number of methoxy groups -OCH3 is 1. The Morgan fingerprint density at radius 1 is 1.14 bits per heavy atom. The summed E-state index contributed by atoms with van der Waals surface area (Å²) in [6.07, 6.45) is 0. The molecular formula is C15H13ClN2O3. The van der Waals surface area contributed by atoms with Gasteiger partial charge < -0.3 is 15.8 Å². The van der Waals surface area contributed by atoms with Crippen LogP contribution in [-0.2, 0) is 4.74 Å². The average Bonchev–Trinajstić information content (AvgIpc) is 2.50. The van der Waals surface area contributed by atoms with Crippen LogP contribution in [-0.4, -0.2) is 19.0 Å². The molecule has 0 bridgehead atoms. The average molecular weight is 305 g/mol. The standard InChI is InChI=1S/C15H13ClN2O3/c1-21-15(20)9-5-7-10(8-6-9)18-14(19)11-3-2-4-12(17)13(11)16/h2-8H,17H2,1H3,(H,18,19). The second-order valence-corrected chi connectivity index (χ2v) is 4.61. The predicted molar refractivity (Wildman–Crippen MR) is 81.6 cm³/mol. The van der Waals surface area contributed by atoms with Gasteiger partial charge in [0.25, 0.3) is 5.91 Å². The molecule has 0 heterocycles. The summed E-state index contributed by atoms with van der Waals surface area (Å²) in [5, 5.41) is 2.89. The third kappa shape index (κ3) is 3.32. The fourth-order valence-corrected chi connectivity index (χ4v) is 1.94. The summed E-state index contributed by atoms with van der Waals surface area (Å²) < 4.78 is 4.60. The molecule has 6 heteroatoms. The van der Waals surface area contributed by atoms with Crippen LogP contribution in [0.5, 0.6) is 0 Å². The number of nitrogen functional groups attached to an aromatic ring is 1. The Balaban J connectivity index is 2.16. The van der Waals surface area contributed by atoms with Gasteiger partial charge in [-0.3, -0.25) is 4.79 Å². The minimum absolute atomic E-state index is 0.209. The SMILES string of the molecule is COC(=O)c1ccc(NC(=O)c2cccc(N)c2Cl)cc1. The van der Waals surface area contributed by atoms with E-state index >= 15 is 0 Å². The number of carbonyl (C=O) groups is 2. The van der Waals surface area contributed by atoms with Gasteiger partial charge in [0.1, 0.15) is 0 Å². The monoisotopic (exact) mass is 304 g/mol. The van der Waals surface area contributed by atoms with Crippen molar-refractivity contribution in [3.8, 4) is 0 Å². The van der Waals surface area contributed by atoms with E-state index in [4.69, 9.17) is 17.3 Å². The van der Waals surface area contributed by atoms with Crippen LogP contribution in [0.3, 0.4) is 0 Å². The molecule has 5 nitrogen and oxygen atoms in total. The van der Waals surface area contributed by atoms with E-state index in [0.717, 1.165) is 0 Å². The molecule has 2 rings (SSSR count). The van der Waals surface area contributed by atoms with Gasteiger partial charge in [-0.1, -0.05) is 17.7 Å². The number of anilines is 2. The zero-order valence-corrected chi connectivity index (χ0v) is 12.0. The molecule has 0 fully saturated rings. The molecule has 2 aromatic carbocycles. The van der Waals surface area contributed by atoms with E-state index in [1.807, 2.05) is 0 Å². The third-order valence-electron chi connectivity index (χ3n) is 2.84. The van der Waals surface area contributed by atoms with Crippen molar-refractivity contribution in [1.29, 1.82) is 0 Å². The summed E-state index contributed by atoms with van der Waals surface area (Å²) >= 11 is 5.99. The number of hydrogen-bond acceptors (Lipinski definition) is 4. The summed E-state index contributed by atoms with van der Waals surface area (Å²) in [4.78, 5) is 23.4. The molecule has 2 aromatic rings. The molecule has 0 aliphatic rings. The van der Waals surface area contributed by atoms with Gasteiger partial charge in [-0.25, -0.2) is 4.79 Å². The number of halogens is 1. The topological polar surface area (TPSA) is 81.4 Å². The molecule has 0 radical (unpaired) electrons. The van der Waals surface area contributed by atoms with Gasteiger partial charge in [-0.2, -0.15) is 0 Å². The number of amides is 1. The van der Waals surface area contributed by atoms with Crippen molar-refractivity contribution in [3.63, 3.8) is 0 Å². The lowest BCUT2D eigenvalue weighted by Crippen LogP contribution is -2.13. The van der Waals surface area contributed by atoms with E-state index in [2.05, 4.69) is 10.1 Å². The highest BCUT2D eigenvalue weighted by molar-refractivity contribution is 6.36. The maximum absolute atomic E-state index is 12.1. The quantitative estimate of drug-likeness (QED) is 0.674. The van der Waals surface area contributed by atoms with E-state index in [1.54, 1.807) is 42.5 Å². The number of nitrogens with two attached hydrogens (primary N) is 1. The van der Waals surface area contributed by atoms with Crippen molar-refractivity contribution in [2.75, 3.05) is 18.2 Å². The summed E-state index contributed by atoms with van der Waals surface area (Å²) in [5.74, 6) is -0.815. The number of ether oxygens (including phenoxy) is 1. The number of benzene rings is 2. The minimum Gasteiger partial charge on any atom is -0.465 e. The van der Waals surface area contributed by atoms with Gasteiger partial charge >= 0.3 is 5.97 Å². The highest BCUT2D eigenvalue weighted by Gasteiger charge is 2.12. The van der Waals surface area contributed by atoms with E-state index in [0.29, 0.717) is 16.9 Å².